The molecule has 2 rings (SSSR count). The van der Waals surface area contributed by atoms with Crippen molar-refractivity contribution in [3.8, 4) is 0 Å². The fourth-order valence-electron chi connectivity index (χ4n) is 3.60. The lowest BCUT2D eigenvalue weighted by Crippen LogP contribution is -2.42. The molecule has 0 aliphatic heterocycles. The van der Waals surface area contributed by atoms with Crippen LogP contribution in [0.4, 0.5) is 0 Å². The summed E-state index contributed by atoms with van der Waals surface area (Å²) in [5, 5.41) is 10.4. The first-order valence-corrected chi connectivity index (χ1v) is 7.00. The number of ether oxygens (including phenoxy) is 1. The van der Waals surface area contributed by atoms with E-state index in [9.17, 15) is 5.11 Å². The molecule has 2 heteroatoms. The number of hydrogen-bond donors (Lipinski definition) is 1. The van der Waals surface area contributed by atoms with Crippen LogP contribution in [0.15, 0.2) is 0 Å². The fraction of sp³-hybridized carbons (Fsp3) is 1.00. The largest absolute Gasteiger partial charge is 0.390 e. The van der Waals surface area contributed by atoms with Crippen molar-refractivity contribution in [3.63, 3.8) is 0 Å². The van der Waals surface area contributed by atoms with Crippen molar-refractivity contribution in [2.75, 3.05) is 7.11 Å². The highest BCUT2D eigenvalue weighted by Gasteiger charge is 2.41. The normalized spacial score (nSPS) is 28.1. The minimum absolute atomic E-state index is 0.197. The maximum absolute atomic E-state index is 10.4. The second-order valence-electron chi connectivity index (χ2n) is 5.73. The van der Waals surface area contributed by atoms with Crippen molar-refractivity contribution in [3.05, 3.63) is 0 Å². The summed E-state index contributed by atoms with van der Waals surface area (Å²) in [4.78, 5) is 0. The van der Waals surface area contributed by atoms with E-state index >= 15 is 0 Å². The Hall–Kier alpha value is -0.0800. The zero-order valence-electron chi connectivity index (χ0n) is 10.6. The van der Waals surface area contributed by atoms with Crippen LogP contribution in [0.3, 0.4) is 0 Å². The molecule has 16 heavy (non-hydrogen) atoms. The highest BCUT2D eigenvalue weighted by Crippen LogP contribution is 2.39. The van der Waals surface area contributed by atoms with E-state index < -0.39 is 0 Å². The number of rotatable bonds is 4. The Kier molecular flexibility index (Phi) is 4.26. The molecule has 0 spiro atoms. The average molecular weight is 226 g/mol. The van der Waals surface area contributed by atoms with Crippen LogP contribution in [0.1, 0.15) is 64.2 Å². The van der Waals surface area contributed by atoms with Gasteiger partial charge in [-0.15, -0.1) is 0 Å². The maximum Gasteiger partial charge on any atom is 0.0936 e. The summed E-state index contributed by atoms with van der Waals surface area (Å²) in [7, 11) is 1.77. The van der Waals surface area contributed by atoms with Crippen LogP contribution in [0, 0.1) is 5.92 Å². The smallest absolute Gasteiger partial charge is 0.0936 e. The van der Waals surface area contributed by atoms with Gasteiger partial charge >= 0.3 is 0 Å². The van der Waals surface area contributed by atoms with Gasteiger partial charge in [0.1, 0.15) is 0 Å². The Bertz CT molecular complexity index is 203. The number of methoxy groups -OCH3 is 1. The molecule has 0 radical (unpaired) electrons. The van der Waals surface area contributed by atoms with Gasteiger partial charge in [-0.25, -0.2) is 0 Å². The lowest BCUT2D eigenvalue weighted by Gasteiger charge is -2.35. The van der Waals surface area contributed by atoms with Gasteiger partial charge in [-0.05, 0) is 25.2 Å². The Balaban J connectivity index is 1.87. The fourth-order valence-corrected chi connectivity index (χ4v) is 3.60. The second-order valence-corrected chi connectivity index (χ2v) is 5.73. The van der Waals surface area contributed by atoms with Crippen molar-refractivity contribution in [2.24, 2.45) is 5.92 Å². The lowest BCUT2D eigenvalue weighted by atomic mass is 9.81. The monoisotopic (exact) mass is 226 g/mol. The van der Waals surface area contributed by atoms with Gasteiger partial charge in [0.2, 0.25) is 0 Å². The van der Waals surface area contributed by atoms with Crippen LogP contribution in [0.2, 0.25) is 0 Å². The third-order valence-corrected chi connectivity index (χ3v) is 4.75. The van der Waals surface area contributed by atoms with Crippen LogP contribution >= 0.6 is 0 Å². The van der Waals surface area contributed by atoms with Gasteiger partial charge < -0.3 is 9.84 Å². The summed E-state index contributed by atoms with van der Waals surface area (Å²) in [5.74, 6) is 0.747. The van der Waals surface area contributed by atoms with Crippen molar-refractivity contribution < 1.29 is 9.84 Å². The first-order chi connectivity index (χ1) is 7.77. The van der Waals surface area contributed by atoms with Gasteiger partial charge in [-0.3, -0.25) is 0 Å². The molecular formula is C14H26O2. The van der Waals surface area contributed by atoms with Gasteiger partial charge in [-0.1, -0.05) is 44.9 Å². The van der Waals surface area contributed by atoms with Gasteiger partial charge in [-0.2, -0.15) is 0 Å². The quantitative estimate of drug-likeness (QED) is 0.797. The summed E-state index contributed by atoms with van der Waals surface area (Å²) in [6, 6.07) is 0. The molecule has 1 N–H and O–H groups in total. The second kappa shape index (κ2) is 5.50. The van der Waals surface area contributed by atoms with Gasteiger partial charge in [0.25, 0.3) is 0 Å². The minimum Gasteiger partial charge on any atom is -0.390 e. The minimum atomic E-state index is -0.233. The molecule has 0 bridgehead atoms. The molecule has 94 valence electrons. The Morgan fingerprint density at radius 2 is 1.75 bits per heavy atom. The molecule has 1 atom stereocenters. The first-order valence-electron chi connectivity index (χ1n) is 7.00. The third kappa shape index (κ3) is 2.60. The zero-order chi connectivity index (χ0) is 11.4. The molecule has 2 aliphatic carbocycles. The zero-order valence-corrected chi connectivity index (χ0v) is 10.6. The predicted octanol–water partition coefficient (Wildman–Crippen LogP) is 3.28. The van der Waals surface area contributed by atoms with E-state index in [2.05, 4.69) is 0 Å². The van der Waals surface area contributed by atoms with Crippen LogP contribution in [0.5, 0.6) is 0 Å². The van der Waals surface area contributed by atoms with Crippen LogP contribution in [-0.2, 0) is 4.74 Å². The molecular weight excluding hydrogens is 200 g/mol. The third-order valence-electron chi connectivity index (χ3n) is 4.75. The number of hydrogen-bond acceptors (Lipinski definition) is 2. The molecule has 2 saturated carbocycles. The number of aliphatic hydroxyl groups excluding tert-OH is 1. The molecule has 2 fully saturated rings. The summed E-state index contributed by atoms with van der Waals surface area (Å²) >= 11 is 0. The van der Waals surface area contributed by atoms with Crippen molar-refractivity contribution in [2.45, 2.75) is 75.9 Å². The van der Waals surface area contributed by atoms with Gasteiger partial charge in [0, 0.05) is 7.11 Å². The number of aliphatic hydroxyl groups is 1. The maximum atomic E-state index is 10.4. The Morgan fingerprint density at radius 3 is 2.31 bits per heavy atom. The highest BCUT2D eigenvalue weighted by atomic mass is 16.5. The molecule has 1 unspecified atom stereocenters. The van der Waals surface area contributed by atoms with E-state index in [1.807, 2.05) is 0 Å². The van der Waals surface area contributed by atoms with Crippen LogP contribution in [-0.4, -0.2) is 23.9 Å². The summed E-state index contributed by atoms with van der Waals surface area (Å²) in [5.41, 5.74) is -0.197. The summed E-state index contributed by atoms with van der Waals surface area (Å²) in [6.45, 7) is 0. The molecule has 0 aromatic heterocycles. The van der Waals surface area contributed by atoms with E-state index in [1.54, 1.807) is 7.11 Å². The molecule has 0 heterocycles. The SMILES string of the molecule is COC1(C(O)CC2CCCCC2)CCCC1. The lowest BCUT2D eigenvalue weighted by molar-refractivity contribution is -0.106. The van der Waals surface area contributed by atoms with E-state index in [0.717, 1.165) is 25.2 Å². The predicted molar refractivity (Wildman–Crippen MR) is 65.4 cm³/mol. The van der Waals surface area contributed by atoms with E-state index in [1.165, 1.54) is 44.9 Å². The average Bonchev–Trinajstić information content (AvgIpc) is 2.80. The summed E-state index contributed by atoms with van der Waals surface area (Å²) < 4.78 is 5.65. The first kappa shape index (κ1) is 12.4. The van der Waals surface area contributed by atoms with E-state index in [0.29, 0.717) is 0 Å². The van der Waals surface area contributed by atoms with Crippen molar-refractivity contribution >= 4 is 0 Å². The van der Waals surface area contributed by atoms with Crippen molar-refractivity contribution in [1.29, 1.82) is 0 Å². The topological polar surface area (TPSA) is 29.5 Å². The van der Waals surface area contributed by atoms with Crippen molar-refractivity contribution in [1.82, 2.24) is 0 Å². The van der Waals surface area contributed by atoms with E-state index in [4.69, 9.17) is 4.74 Å². The van der Waals surface area contributed by atoms with Gasteiger partial charge in [0.15, 0.2) is 0 Å². The summed E-state index contributed by atoms with van der Waals surface area (Å²) in [6.07, 6.45) is 12.0. The molecule has 0 aromatic carbocycles. The highest BCUT2D eigenvalue weighted by molar-refractivity contribution is 4.93. The Morgan fingerprint density at radius 1 is 1.12 bits per heavy atom. The molecule has 0 saturated heterocycles. The molecule has 0 amide bonds. The van der Waals surface area contributed by atoms with Crippen LogP contribution in [0.25, 0.3) is 0 Å². The Labute approximate surface area is 99.4 Å². The molecule has 2 aliphatic rings. The van der Waals surface area contributed by atoms with Crippen LogP contribution < -0.4 is 0 Å². The standard InChI is InChI=1S/C14H26O2/c1-16-14(9-5-6-10-14)13(15)11-12-7-3-2-4-8-12/h12-13,15H,2-11H2,1H3. The van der Waals surface area contributed by atoms with Gasteiger partial charge in [0.05, 0.1) is 11.7 Å². The molecule has 0 aromatic rings. The van der Waals surface area contributed by atoms with E-state index in [-0.39, 0.29) is 11.7 Å². The molecule has 2 nitrogen and oxygen atoms in total.